The monoisotopic (exact) mass is 278 g/mol. The van der Waals surface area contributed by atoms with Gasteiger partial charge in [-0.15, -0.1) is 0 Å². The van der Waals surface area contributed by atoms with Crippen molar-refractivity contribution in [3.8, 4) is 5.88 Å². The lowest BCUT2D eigenvalue weighted by atomic mass is 10.2. The largest absolute Gasteiger partial charge is 0.474 e. The standard InChI is InChI=1S/C15H22N2O3/c1-11(10-19-2)17-15(18)12-7-8-16-14(9-12)20-13-5-3-4-6-13/h7-9,11,13H,3-6,10H2,1-2H3,(H,17,18). The van der Waals surface area contributed by atoms with Crippen LogP contribution in [0.15, 0.2) is 18.3 Å². The Bertz CT molecular complexity index is 444. The summed E-state index contributed by atoms with van der Waals surface area (Å²) < 4.78 is 10.8. The second-order valence-electron chi connectivity index (χ2n) is 5.24. The second kappa shape index (κ2) is 7.24. The van der Waals surface area contributed by atoms with Crippen molar-refractivity contribution in [1.29, 1.82) is 0 Å². The van der Waals surface area contributed by atoms with Crippen molar-refractivity contribution < 1.29 is 14.3 Å². The molecule has 5 nitrogen and oxygen atoms in total. The molecule has 1 saturated carbocycles. The lowest BCUT2D eigenvalue weighted by Crippen LogP contribution is -2.35. The van der Waals surface area contributed by atoms with E-state index in [9.17, 15) is 4.79 Å². The van der Waals surface area contributed by atoms with E-state index in [0.717, 1.165) is 12.8 Å². The molecule has 1 aliphatic carbocycles. The molecule has 20 heavy (non-hydrogen) atoms. The zero-order chi connectivity index (χ0) is 14.4. The third-order valence-electron chi connectivity index (χ3n) is 3.38. The molecule has 0 saturated heterocycles. The van der Waals surface area contributed by atoms with Crippen LogP contribution in [-0.4, -0.2) is 36.8 Å². The summed E-state index contributed by atoms with van der Waals surface area (Å²) in [6, 6.07) is 3.36. The molecule has 1 amide bonds. The van der Waals surface area contributed by atoms with E-state index in [1.807, 2.05) is 6.92 Å². The number of nitrogens with zero attached hydrogens (tertiary/aromatic N) is 1. The molecule has 1 aromatic heterocycles. The maximum atomic E-state index is 12.1. The van der Waals surface area contributed by atoms with E-state index in [2.05, 4.69) is 10.3 Å². The Labute approximate surface area is 119 Å². The Kier molecular flexibility index (Phi) is 5.35. The average Bonchev–Trinajstić information content (AvgIpc) is 2.92. The number of amides is 1. The summed E-state index contributed by atoms with van der Waals surface area (Å²) in [6.07, 6.45) is 6.42. The van der Waals surface area contributed by atoms with Gasteiger partial charge in [-0.05, 0) is 38.7 Å². The van der Waals surface area contributed by atoms with Gasteiger partial charge in [0.1, 0.15) is 6.10 Å². The van der Waals surface area contributed by atoms with Crippen molar-refractivity contribution >= 4 is 5.91 Å². The summed E-state index contributed by atoms with van der Waals surface area (Å²) in [4.78, 5) is 16.2. The van der Waals surface area contributed by atoms with Gasteiger partial charge in [0.05, 0.1) is 6.61 Å². The molecule has 2 rings (SSSR count). The molecule has 1 N–H and O–H groups in total. The first kappa shape index (κ1) is 14.8. The van der Waals surface area contributed by atoms with Crippen LogP contribution in [0.1, 0.15) is 43.0 Å². The molecule has 1 atom stereocenters. The van der Waals surface area contributed by atoms with Crippen molar-refractivity contribution in [3.63, 3.8) is 0 Å². The second-order valence-corrected chi connectivity index (χ2v) is 5.24. The average molecular weight is 278 g/mol. The highest BCUT2D eigenvalue weighted by atomic mass is 16.5. The maximum absolute atomic E-state index is 12.1. The van der Waals surface area contributed by atoms with Crippen LogP contribution in [0.3, 0.4) is 0 Å². The minimum atomic E-state index is -0.131. The van der Waals surface area contributed by atoms with Crippen LogP contribution in [-0.2, 0) is 4.74 Å². The summed E-state index contributed by atoms with van der Waals surface area (Å²) in [5.41, 5.74) is 0.566. The van der Waals surface area contributed by atoms with Gasteiger partial charge < -0.3 is 14.8 Å². The normalized spacial score (nSPS) is 16.9. The van der Waals surface area contributed by atoms with Gasteiger partial charge in [-0.1, -0.05) is 0 Å². The summed E-state index contributed by atoms with van der Waals surface area (Å²) in [5.74, 6) is 0.400. The zero-order valence-corrected chi connectivity index (χ0v) is 12.1. The van der Waals surface area contributed by atoms with Crippen molar-refractivity contribution in [2.45, 2.75) is 44.8 Å². The molecule has 0 radical (unpaired) electrons. The highest BCUT2D eigenvalue weighted by Crippen LogP contribution is 2.23. The number of methoxy groups -OCH3 is 1. The first-order valence-corrected chi connectivity index (χ1v) is 7.11. The Morgan fingerprint density at radius 1 is 1.50 bits per heavy atom. The van der Waals surface area contributed by atoms with Crippen molar-refractivity contribution in [2.75, 3.05) is 13.7 Å². The molecule has 1 fully saturated rings. The molecule has 1 aromatic rings. The van der Waals surface area contributed by atoms with Crippen LogP contribution in [0.25, 0.3) is 0 Å². The number of ether oxygens (including phenoxy) is 2. The number of pyridine rings is 1. The van der Waals surface area contributed by atoms with Gasteiger partial charge in [-0.2, -0.15) is 0 Å². The van der Waals surface area contributed by atoms with Crippen molar-refractivity contribution in [2.24, 2.45) is 0 Å². The summed E-state index contributed by atoms with van der Waals surface area (Å²) >= 11 is 0. The molecule has 110 valence electrons. The molecule has 1 unspecified atom stereocenters. The molecule has 0 aliphatic heterocycles. The lowest BCUT2D eigenvalue weighted by molar-refractivity contribution is 0.0904. The SMILES string of the molecule is COCC(C)NC(=O)c1ccnc(OC2CCCC2)c1. The number of hydrogen-bond donors (Lipinski definition) is 1. The Morgan fingerprint density at radius 2 is 2.25 bits per heavy atom. The van der Waals surface area contributed by atoms with E-state index in [-0.39, 0.29) is 18.1 Å². The summed E-state index contributed by atoms with van der Waals surface area (Å²) in [6.45, 7) is 2.39. The molecule has 1 heterocycles. The van der Waals surface area contributed by atoms with Gasteiger partial charge in [0.25, 0.3) is 5.91 Å². The van der Waals surface area contributed by atoms with E-state index < -0.39 is 0 Å². The Balaban J connectivity index is 1.95. The lowest BCUT2D eigenvalue weighted by Gasteiger charge is -2.14. The number of carbonyl (C=O) groups is 1. The summed E-state index contributed by atoms with van der Waals surface area (Å²) in [5, 5.41) is 2.87. The van der Waals surface area contributed by atoms with Gasteiger partial charge in [-0.25, -0.2) is 4.98 Å². The molecule has 1 aliphatic rings. The molecular formula is C15H22N2O3. The first-order chi connectivity index (χ1) is 9.69. The third kappa shape index (κ3) is 4.20. The van der Waals surface area contributed by atoms with Gasteiger partial charge in [0.15, 0.2) is 0 Å². The minimum absolute atomic E-state index is 0.0279. The van der Waals surface area contributed by atoms with Gasteiger partial charge in [-0.3, -0.25) is 4.79 Å². The van der Waals surface area contributed by atoms with E-state index in [1.54, 1.807) is 25.4 Å². The molecule has 0 bridgehead atoms. The third-order valence-corrected chi connectivity index (χ3v) is 3.38. The zero-order valence-electron chi connectivity index (χ0n) is 12.1. The Hall–Kier alpha value is -1.62. The Morgan fingerprint density at radius 3 is 2.95 bits per heavy atom. The highest BCUT2D eigenvalue weighted by molar-refractivity contribution is 5.94. The van der Waals surface area contributed by atoms with Crippen LogP contribution >= 0.6 is 0 Å². The molecule has 0 spiro atoms. The van der Waals surface area contributed by atoms with Crippen LogP contribution in [0.5, 0.6) is 5.88 Å². The van der Waals surface area contributed by atoms with Gasteiger partial charge in [0.2, 0.25) is 5.88 Å². The number of nitrogens with one attached hydrogen (secondary N) is 1. The van der Waals surface area contributed by atoms with Crippen LogP contribution in [0.4, 0.5) is 0 Å². The van der Waals surface area contributed by atoms with Crippen LogP contribution in [0.2, 0.25) is 0 Å². The maximum Gasteiger partial charge on any atom is 0.251 e. The molecule has 5 heteroatoms. The fourth-order valence-electron chi connectivity index (χ4n) is 2.39. The number of hydrogen-bond acceptors (Lipinski definition) is 4. The van der Waals surface area contributed by atoms with Crippen LogP contribution in [0, 0.1) is 0 Å². The van der Waals surface area contributed by atoms with E-state index >= 15 is 0 Å². The van der Waals surface area contributed by atoms with Crippen molar-refractivity contribution in [1.82, 2.24) is 10.3 Å². The molecular weight excluding hydrogens is 256 g/mol. The van der Waals surface area contributed by atoms with E-state index in [4.69, 9.17) is 9.47 Å². The number of carbonyl (C=O) groups excluding carboxylic acids is 1. The van der Waals surface area contributed by atoms with E-state index in [1.165, 1.54) is 12.8 Å². The highest BCUT2D eigenvalue weighted by Gasteiger charge is 2.18. The van der Waals surface area contributed by atoms with Crippen LogP contribution < -0.4 is 10.1 Å². The fraction of sp³-hybridized carbons (Fsp3) is 0.600. The quantitative estimate of drug-likeness (QED) is 0.866. The smallest absolute Gasteiger partial charge is 0.251 e. The molecule has 0 aromatic carbocycles. The minimum Gasteiger partial charge on any atom is -0.474 e. The fourth-order valence-corrected chi connectivity index (χ4v) is 2.39. The first-order valence-electron chi connectivity index (χ1n) is 7.11. The van der Waals surface area contributed by atoms with Crippen molar-refractivity contribution in [3.05, 3.63) is 23.9 Å². The predicted molar refractivity (Wildman–Crippen MR) is 75.9 cm³/mol. The topological polar surface area (TPSA) is 60.5 Å². The predicted octanol–water partition coefficient (Wildman–Crippen LogP) is 2.17. The van der Waals surface area contributed by atoms with E-state index in [0.29, 0.717) is 18.1 Å². The number of rotatable bonds is 6. The van der Waals surface area contributed by atoms with Gasteiger partial charge >= 0.3 is 0 Å². The van der Waals surface area contributed by atoms with Gasteiger partial charge in [0, 0.05) is 31.0 Å². The number of aromatic nitrogens is 1. The summed E-state index contributed by atoms with van der Waals surface area (Å²) in [7, 11) is 1.61.